The van der Waals surface area contributed by atoms with Crippen molar-refractivity contribution in [2.75, 3.05) is 26.8 Å². The van der Waals surface area contributed by atoms with E-state index in [2.05, 4.69) is 18.7 Å². The zero-order valence-corrected chi connectivity index (χ0v) is 11.2. The molecule has 0 aliphatic carbocycles. The van der Waals surface area contributed by atoms with Crippen LogP contribution in [0.4, 0.5) is 0 Å². The Bertz CT molecular complexity index is 288. The minimum atomic E-state index is -0.221. The van der Waals surface area contributed by atoms with Crippen LogP contribution in [-0.4, -0.2) is 49.8 Å². The highest BCUT2D eigenvalue weighted by molar-refractivity contribution is 5.88. The van der Waals surface area contributed by atoms with E-state index in [4.69, 9.17) is 9.47 Å². The van der Waals surface area contributed by atoms with Crippen molar-refractivity contribution >= 4 is 5.97 Å². The second kappa shape index (κ2) is 6.77. The van der Waals surface area contributed by atoms with Crippen molar-refractivity contribution in [1.29, 1.82) is 0 Å². The maximum absolute atomic E-state index is 11.4. The summed E-state index contributed by atoms with van der Waals surface area (Å²) in [5, 5.41) is 0. The van der Waals surface area contributed by atoms with E-state index >= 15 is 0 Å². The van der Waals surface area contributed by atoms with E-state index in [1.807, 2.05) is 13.0 Å². The van der Waals surface area contributed by atoms with Crippen molar-refractivity contribution in [2.45, 2.75) is 39.3 Å². The number of esters is 1. The number of morpholine rings is 1. The molecule has 1 aliphatic rings. The van der Waals surface area contributed by atoms with Gasteiger partial charge in [-0.2, -0.15) is 0 Å². The van der Waals surface area contributed by atoms with Crippen LogP contribution in [0, 0.1) is 0 Å². The van der Waals surface area contributed by atoms with Crippen LogP contribution in [0.25, 0.3) is 0 Å². The molecule has 0 saturated carbocycles. The molecule has 98 valence electrons. The summed E-state index contributed by atoms with van der Waals surface area (Å²) in [5.74, 6) is -0.221. The summed E-state index contributed by atoms with van der Waals surface area (Å²) in [5.41, 5.74) is 0.749. The molecule has 0 N–H and O–H groups in total. The van der Waals surface area contributed by atoms with Gasteiger partial charge in [-0.15, -0.1) is 0 Å². The topological polar surface area (TPSA) is 38.8 Å². The van der Waals surface area contributed by atoms with Crippen molar-refractivity contribution in [1.82, 2.24) is 4.90 Å². The van der Waals surface area contributed by atoms with Gasteiger partial charge in [0.15, 0.2) is 0 Å². The van der Waals surface area contributed by atoms with E-state index in [0.29, 0.717) is 12.5 Å². The summed E-state index contributed by atoms with van der Waals surface area (Å²) < 4.78 is 10.3. The molecule has 4 heteroatoms. The molecule has 1 fully saturated rings. The average Bonchev–Trinajstić information content (AvgIpc) is 2.33. The lowest BCUT2D eigenvalue weighted by atomic mass is 10.1. The van der Waals surface area contributed by atoms with Crippen LogP contribution in [0.3, 0.4) is 0 Å². The molecule has 2 unspecified atom stereocenters. The maximum Gasteiger partial charge on any atom is 0.333 e. The zero-order chi connectivity index (χ0) is 12.8. The molecule has 0 aromatic rings. The van der Waals surface area contributed by atoms with Crippen molar-refractivity contribution < 1.29 is 14.3 Å². The highest BCUT2D eigenvalue weighted by Gasteiger charge is 2.22. The highest BCUT2D eigenvalue weighted by atomic mass is 16.5. The second-order valence-corrected chi connectivity index (χ2v) is 4.52. The molecular formula is C13H23NO3. The van der Waals surface area contributed by atoms with Crippen molar-refractivity contribution in [3.05, 3.63) is 11.6 Å². The van der Waals surface area contributed by atoms with Gasteiger partial charge in [-0.1, -0.05) is 13.0 Å². The van der Waals surface area contributed by atoms with Gasteiger partial charge in [-0.25, -0.2) is 4.79 Å². The van der Waals surface area contributed by atoms with E-state index in [1.54, 1.807) is 0 Å². The Morgan fingerprint density at radius 2 is 2.24 bits per heavy atom. The van der Waals surface area contributed by atoms with E-state index in [-0.39, 0.29) is 12.1 Å². The van der Waals surface area contributed by atoms with Gasteiger partial charge >= 0.3 is 5.97 Å². The molecule has 1 aliphatic heterocycles. The Labute approximate surface area is 104 Å². The monoisotopic (exact) mass is 241 g/mol. The molecule has 0 amide bonds. The summed E-state index contributed by atoms with van der Waals surface area (Å²) >= 11 is 0. The van der Waals surface area contributed by atoms with Gasteiger partial charge in [0.25, 0.3) is 0 Å². The van der Waals surface area contributed by atoms with Crippen LogP contribution in [0.1, 0.15) is 27.2 Å². The molecule has 0 radical (unpaired) electrons. The van der Waals surface area contributed by atoms with Gasteiger partial charge in [0.05, 0.1) is 19.8 Å². The maximum atomic E-state index is 11.4. The lowest BCUT2D eigenvalue weighted by molar-refractivity contribution is -0.136. The lowest BCUT2D eigenvalue weighted by Crippen LogP contribution is -2.47. The normalized spacial score (nSPS) is 26.9. The molecule has 2 atom stereocenters. The average molecular weight is 241 g/mol. The zero-order valence-electron chi connectivity index (χ0n) is 11.2. The van der Waals surface area contributed by atoms with E-state index in [1.165, 1.54) is 7.11 Å². The van der Waals surface area contributed by atoms with Crippen LogP contribution in [0.2, 0.25) is 0 Å². The van der Waals surface area contributed by atoms with Crippen molar-refractivity contribution in [3.8, 4) is 0 Å². The Morgan fingerprint density at radius 1 is 1.53 bits per heavy atom. The summed E-state index contributed by atoms with van der Waals surface area (Å²) in [6.45, 7) is 8.64. The number of rotatable bonds is 4. The molecule has 0 aromatic carbocycles. The number of nitrogens with zero attached hydrogens (tertiary/aromatic N) is 1. The Hall–Kier alpha value is -0.870. The van der Waals surface area contributed by atoms with Gasteiger partial charge in [0.1, 0.15) is 0 Å². The summed E-state index contributed by atoms with van der Waals surface area (Å²) in [4.78, 5) is 13.8. The molecule has 0 spiro atoms. The first-order chi connectivity index (χ1) is 8.08. The fraction of sp³-hybridized carbons (Fsp3) is 0.769. The first-order valence-electron chi connectivity index (χ1n) is 6.21. The Kier molecular flexibility index (Phi) is 5.65. The third-order valence-electron chi connectivity index (χ3n) is 3.14. The standard InChI is InChI=1S/C13H23NO3/c1-5-12(13(15)16-4)6-7-14-8-11(3)17-9-10(14)2/h6,10-11H,5,7-9H2,1-4H3. The van der Waals surface area contributed by atoms with Gasteiger partial charge < -0.3 is 9.47 Å². The smallest absolute Gasteiger partial charge is 0.333 e. The summed E-state index contributed by atoms with van der Waals surface area (Å²) in [6, 6.07) is 0.401. The summed E-state index contributed by atoms with van der Waals surface area (Å²) in [7, 11) is 1.42. The number of methoxy groups -OCH3 is 1. The summed E-state index contributed by atoms with van der Waals surface area (Å²) in [6.07, 6.45) is 2.95. The molecule has 1 saturated heterocycles. The van der Waals surface area contributed by atoms with Crippen LogP contribution >= 0.6 is 0 Å². The molecule has 1 rings (SSSR count). The minimum Gasteiger partial charge on any atom is -0.466 e. The molecule has 0 bridgehead atoms. The van der Waals surface area contributed by atoms with Gasteiger partial charge in [0.2, 0.25) is 0 Å². The highest BCUT2D eigenvalue weighted by Crippen LogP contribution is 2.12. The van der Waals surface area contributed by atoms with E-state index in [9.17, 15) is 4.79 Å². The minimum absolute atomic E-state index is 0.221. The Morgan fingerprint density at radius 3 is 2.82 bits per heavy atom. The SMILES string of the molecule is CCC(=CCN1CC(C)OCC1C)C(=O)OC. The third-order valence-corrected chi connectivity index (χ3v) is 3.14. The van der Waals surface area contributed by atoms with Crippen molar-refractivity contribution in [2.24, 2.45) is 0 Å². The number of hydrogen-bond donors (Lipinski definition) is 0. The number of carbonyl (C=O) groups is 1. The molecule has 1 heterocycles. The van der Waals surface area contributed by atoms with Crippen LogP contribution in [-0.2, 0) is 14.3 Å². The molecule has 17 heavy (non-hydrogen) atoms. The van der Waals surface area contributed by atoms with Crippen LogP contribution < -0.4 is 0 Å². The molecule has 4 nitrogen and oxygen atoms in total. The third kappa shape index (κ3) is 4.13. The van der Waals surface area contributed by atoms with Crippen molar-refractivity contribution in [3.63, 3.8) is 0 Å². The molecular weight excluding hydrogens is 218 g/mol. The predicted octanol–water partition coefficient (Wildman–Crippen LogP) is 1.60. The van der Waals surface area contributed by atoms with E-state index < -0.39 is 0 Å². The van der Waals surface area contributed by atoms with Gasteiger partial charge in [0, 0.05) is 24.7 Å². The van der Waals surface area contributed by atoms with Crippen LogP contribution in [0.5, 0.6) is 0 Å². The second-order valence-electron chi connectivity index (χ2n) is 4.52. The largest absolute Gasteiger partial charge is 0.466 e. The van der Waals surface area contributed by atoms with E-state index in [0.717, 1.165) is 25.3 Å². The fourth-order valence-corrected chi connectivity index (χ4v) is 1.96. The van der Waals surface area contributed by atoms with Crippen LogP contribution in [0.15, 0.2) is 11.6 Å². The Balaban J connectivity index is 2.57. The molecule has 0 aromatic heterocycles. The predicted molar refractivity (Wildman–Crippen MR) is 66.8 cm³/mol. The number of ether oxygens (including phenoxy) is 2. The quantitative estimate of drug-likeness (QED) is 0.553. The number of carbonyl (C=O) groups excluding carboxylic acids is 1. The number of hydrogen-bond acceptors (Lipinski definition) is 4. The first-order valence-corrected chi connectivity index (χ1v) is 6.21. The fourth-order valence-electron chi connectivity index (χ4n) is 1.96. The van der Waals surface area contributed by atoms with Gasteiger partial charge in [-0.05, 0) is 20.3 Å². The lowest BCUT2D eigenvalue weighted by Gasteiger charge is -2.36. The first kappa shape index (κ1) is 14.2. The van der Waals surface area contributed by atoms with Gasteiger partial charge in [-0.3, -0.25) is 4.90 Å².